The molecule has 0 aliphatic carbocycles. The van der Waals surface area contributed by atoms with E-state index in [4.69, 9.17) is 5.73 Å². The maximum atomic E-state index is 12.2. The van der Waals surface area contributed by atoms with E-state index in [1.165, 1.54) is 0 Å². The summed E-state index contributed by atoms with van der Waals surface area (Å²) in [5, 5.41) is 2.87. The van der Waals surface area contributed by atoms with E-state index in [-0.39, 0.29) is 12.0 Å². The van der Waals surface area contributed by atoms with E-state index in [1.54, 1.807) is 11.1 Å². The van der Waals surface area contributed by atoms with Crippen molar-refractivity contribution in [2.24, 2.45) is 0 Å². The molecule has 1 aliphatic rings. The van der Waals surface area contributed by atoms with Gasteiger partial charge in [0.15, 0.2) is 0 Å². The molecule has 2 amide bonds. The molecule has 1 aromatic heterocycles. The number of nitrogens with two attached hydrogens (primary N) is 1. The molecule has 0 bridgehead atoms. The summed E-state index contributed by atoms with van der Waals surface area (Å²) >= 11 is 0. The van der Waals surface area contributed by atoms with Crippen molar-refractivity contribution in [3.8, 4) is 0 Å². The number of fused-ring (bicyclic) bond motifs is 1. The molecule has 2 heterocycles. The Hall–Kier alpha value is -2.63. The van der Waals surface area contributed by atoms with E-state index in [1.807, 2.05) is 31.2 Å². The largest absolute Gasteiger partial charge is 0.368 e. The Kier molecular flexibility index (Phi) is 2.98. The van der Waals surface area contributed by atoms with E-state index in [0.717, 1.165) is 22.5 Å². The first kappa shape index (κ1) is 12.4. The predicted octanol–water partition coefficient (Wildman–Crippen LogP) is 1.91. The molecule has 0 radical (unpaired) electrons. The average molecular weight is 269 g/mol. The lowest BCUT2D eigenvalue weighted by Gasteiger charge is -2.16. The number of carbonyl (C=O) groups is 1. The van der Waals surface area contributed by atoms with Crippen LogP contribution in [0.2, 0.25) is 0 Å². The summed E-state index contributed by atoms with van der Waals surface area (Å²) in [5.74, 6) is 0.240. The van der Waals surface area contributed by atoms with Crippen molar-refractivity contribution in [1.29, 1.82) is 0 Å². The highest BCUT2D eigenvalue weighted by atomic mass is 16.2. The number of hydrogen-bond donors (Lipinski definition) is 2. The first-order valence-electron chi connectivity index (χ1n) is 6.35. The highest BCUT2D eigenvalue weighted by molar-refractivity contribution is 5.89. The van der Waals surface area contributed by atoms with Crippen LogP contribution >= 0.6 is 0 Å². The average Bonchev–Trinajstić information content (AvgIpc) is 2.84. The van der Waals surface area contributed by atoms with Gasteiger partial charge in [0.05, 0.1) is 18.8 Å². The fourth-order valence-electron chi connectivity index (χ4n) is 2.15. The van der Waals surface area contributed by atoms with Gasteiger partial charge in [0, 0.05) is 17.4 Å². The molecule has 6 heteroatoms. The Morgan fingerprint density at radius 1 is 1.30 bits per heavy atom. The number of aromatic nitrogens is 2. The fraction of sp³-hybridized carbons (Fsp3) is 0.214. The molecule has 0 atom stereocenters. The summed E-state index contributed by atoms with van der Waals surface area (Å²) in [6.45, 7) is 2.97. The molecule has 3 rings (SSSR count). The molecule has 0 unspecified atom stereocenters. The molecular formula is C14H15N5O. The maximum absolute atomic E-state index is 12.2. The second-order valence-electron chi connectivity index (χ2n) is 4.85. The number of nitrogens with zero attached hydrogens (tertiary/aromatic N) is 3. The zero-order valence-corrected chi connectivity index (χ0v) is 11.1. The summed E-state index contributed by atoms with van der Waals surface area (Å²) in [4.78, 5) is 22.0. The molecule has 0 saturated heterocycles. The molecule has 20 heavy (non-hydrogen) atoms. The highest BCUT2D eigenvalue weighted by Gasteiger charge is 2.25. The molecule has 1 aromatic carbocycles. The Bertz CT molecular complexity index is 653. The topological polar surface area (TPSA) is 84.1 Å². The third-order valence-electron chi connectivity index (χ3n) is 3.26. The molecule has 1 aliphatic heterocycles. The minimum atomic E-state index is -0.148. The fourth-order valence-corrected chi connectivity index (χ4v) is 2.15. The molecule has 102 valence electrons. The molecule has 0 saturated carbocycles. The molecule has 6 nitrogen and oxygen atoms in total. The summed E-state index contributed by atoms with van der Waals surface area (Å²) in [6, 6.07) is 7.54. The minimum absolute atomic E-state index is 0.148. The maximum Gasteiger partial charge on any atom is 0.322 e. The van der Waals surface area contributed by atoms with Crippen molar-refractivity contribution in [2.45, 2.75) is 20.0 Å². The standard InChI is InChI=1S/C14H15N5O/c1-9-2-4-11(5-3-9)17-14(20)19-7-10-6-16-13(15)18-12(10)8-19/h2-6H,7-8H2,1H3,(H,17,20)(H2,15,16,18). The number of benzene rings is 1. The van der Waals surface area contributed by atoms with Crippen molar-refractivity contribution >= 4 is 17.7 Å². The Morgan fingerprint density at radius 3 is 2.80 bits per heavy atom. The first-order chi connectivity index (χ1) is 9.61. The van der Waals surface area contributed by atoms with Gasteiger partial charge in [-0.25, -0.2) is 14.8 Å². The summed E-state index contributed by atoms with van der Waals surface area (Å²) < 4.78 is 0. The van der Waals surface area contributed by atoms with Crippen molar-refractivity contribution in [3.63, 3.8) is 0 Å². The summed E-state index contributed by atoms with van der Waals surface area (Å²) in [7, 11) is 0. The van der Waals surface area contributed by atoms with Gasteiger partial charge in [-0.1, -0.05) is 17.7 Å². The molecular weight excluding hydrogens is 254 g/mol. The van der Waals surface area contributed by atoms with Gasteiger partial charge in [-0.15, -0.1) is 0 Å². The van der Waals surface area contributed by atoms with Crippen LogP contribution in [0.3, 0.4) is 0 Å². The number of rotatable bonds is 1. The van der Waals surface area contributed by atoms with E-state index in [0.29, 0.717) is 13.1 Å². The predicted molar refractivity (Wildman–Crippen MR) is 75.9 cm³/mol. The summed E-state index contributed by atoms with van der Waals surface area (Å²) in [6.07, 6.45) is 1.68. The minimum Gasteiger partial charge on any atom is -0.368 e. The number of urea groups is 1. The van der Waals surface area contributed by atoms with Crippen molar-refractivity contribution in [2.75, 3.05) is 11.1 Å². The normalized spacial score (nSPS) is 13.2. The van der Waals surface area contributed by atoms with Gasteiger partial charge in [0.2, 0.25) is 5.95 Å². The van der Waals surface area contributed by atoms with Crippen molar-refractivity contribution in [3.05, 3.63) is 47.3 Å². The first-order valence-corrected chi connectivity index (χ1v) is 6.35. The molecule has 3 N–H and O–H groups in total. The molecule has 2 aromatic rings. The van der Waals surface area contributed by atoms with E-state index in [2.05, 4.69) is 15.3 Å². The van der Waals surface area contributed by atoms with E-state index in [9.17, 15) is 4.79 Å². The van der Waals surface area contributed by atoms with E-state index >= 15 is 0 Å². The number of nitrogen functional groups attached to an aromatic ring is 1. The van der Waals surface area contributed by atoms with Crippen LogP contribution in [0.5, 0.6) is 0 Å². The summed E-state index contributed by atoms with van der Waals surface area (Å²) in [5.41, 5.74) is 9.24. The lowest BCUT2D eigenvalue weighted by molar-refractivity contribution is 0.212. The Morgan fingerprint density at radius 2 is 2.05 bits per heavy atom. The van der Waals surface area contributed by atoms with Crippen LogP contribution in [0, 0.1) is 6.92 Å². The lowest BCUT2D eigenvalue weighted by atomic mass is 10.2. The molecule has 0 spiro atoms. The molecule has 0 fully saturated rings. The third-order valence-corrected chi connectivity index (χ3v) is 3.26. The van der Waals surface area contributed by atoms with Gasteiger partial charge in [0.1, 0.15) is 0 Å². The van der Waals surface area contributed by atoms with Crippen molar-refractivity contribution < 1.29 is 4.79 Å². The quantitative estimate of drug-likeness (QED) is 0.828. The number of aryl methyl sites for hydroxylation is 1. The van der Waals surface area contributed by atoms with Gasteiger partial charge in [-0.2, -0.15) is 0 Å². The van der Waals surface area contributed by atoms with Crippen molar-refractivity contribution in [1.82, 2.24) is 14.9 Å². The number of anilines is 2. The van der Waals surface area contributed by atoms with Gasteiger partial charge < -0.3 is 16.0 Å². The second kappa shape index (κ2) is 4.80. The SMILES string of the molecule is Cc1ccc(NC(=O)N2Cc3cnc(N)nc3C2)cc1. The van der Waals surface area contributed by atoms with Crippen LogP contribution in [0.1, 0.15) is 16.8 Å². The number of carbonyl (C=O) groups excluding carboxylic acids is 1. The smallest absolute Gasteiger partial charge is 0.322 e. The third kappa shape index (κ3) is 2.40. The Balaban J connectivity index is 1.69. The van der Waals surface area contributed by atoms with Crippen LogP contribution in [0.25, 0.3) is 0 Å². The van der Waals surface area contributed by atoms with Gasteiger partial charge in [-0.3, -0.25) is 0 Å². The highest BCUT2D eigenvalue weighted by Crippen LogP contribution is 2.21. The van der Waals surface area contributed by atoms with Gasteiger partial charge in [0.25, 0.3) is 0 Å². The number of amides is 2. The number of hydrogen-bond acceptors (Lipinski definition) is 4. The van der Waals surface area contributed by atoms with Crippen LogP contribution in [-0.4, -0.2) is 20.9 Å². The van der Waals surface area contributed by atoms with Crippen LogP contribution in [0.15, 0.2) is 30.5 Å². The van der Waals surface area contributed by atoms with E-state index < -0.39 is 0 Å². The van der Waals surface area contributed by atoms with Crippen LogP contribution < -0.4 is 11.1 Å². The van der Waals surface area contributed by atoms with Gasteiger partial charge in [-0.05, 0) is 19.1 Å². The monoisotopic (exact) mass is 269 g/mol. The zero-order valence-electron chi connectivity index (χ0n) is 11.1. The van der Waals surface area contributed by atoms with Crippen LogP contribution in [0.4, 0.5) is 16.4 Å². The zero-order chi connectivity index (χ0) is 14.1. The Labute approximate surface area is 116 Å². The van der Waals surface area contributed by atoms with Gasteiger partial charge >= 0.3 is 6.03 Å². The number of nitrogens with one attached hydrogen (secondary N) is 1. The lowest BCUT2D eigenvalue weighted by Crippen LogP contribution is -2.30. The second-order valence-corrected chi connectivity index (χ2v) is 4.85. The van der Waals surface area contributed by atoms with Crippen LogP contribution in [-0.2, 0) is 13.1 Å².